The lowest BCUT2D eigenvalue weighted by Crippen LogP contribution is -2.50. The first-order valence-electron chi connectivity index (χ1n) is 7.94. The van der Waals surface area contributed by atoms with Gasteiger partial charge in [-0.3, -0.25) is 4.79 Å². The highest BCUT2D eigenvalue weighted by Crippen LogP contribution is 2.49. The van der Waals surface area contributed by atoms with E-state index in [9.17, 15) is 4.79 Å². The predicted octanol–water partition coefficient (Wildman–Crippen LogP) is 3.37. The van der Waals surface area contributed by atoms with Gasteiger partial charge in [-0.1, -0.05) is 17.7 Å². The molecule has 0 unspecified atom stereocenters. The van der Waals surface area contributed by atoms with E-state index in [4.69, 9.17) is 16.3 Å². The Morgan fingerprint density at radius 2 is 2.30 bits per heavy atom. The van der Waals surface area contributed by atoms with E-state index in [0.29, 0.717) is 6.61 Å². The maximum atomic E-state index is 12.2. The molecule has 1 spiro atoms. The van der Waals surface area contributed by atoms with Gasteiger partial charge in [0.15, 0.2) is 0 Å². The lowest BCUT2D eigenvalue weighted by atomic mass is 9.78. The SMILES string of the molecule is C[C@H]1C[C@@]2(C[C@@H](c3ccc[nH]c3=O)N1)OCCc1cc(Cl)sc12. The fourth-order valence-electron chi connectivity index (χ4n) is 3.97. The Morgan fingerprint density at radius 3 is 3.13 bits per heavy atom. The molecule has 0 amide bonds. The third-order valence-corrected chi connectivity index (χ3v) is 6.31. The topological polar surface area (TPSA) is 54.1 Å². The van der Waals surface area contributed by atoms with Crippen molar-refractivity contribution in [1.82, 2.24) is 10.3 Å². The van der Waals surface area contributed by atoms with Crippen LogP contribution in [-0.2, 0) is 16.8 Å². The molecule has 0 saturated carbocycles. The molecule has 2 N–H and O–H groups in total. The van der Waals surface area contributed by atoms with Crippen molar-refractivity contribution < 1.29 is 4.74 Å². The van der Waals surface area contributed by atoms with Gasteiger partial charge in [0.1, 0.15) is 5.60 Å². The summed E-state index contributed by atoms with van der Waals surface area (Å²) in [5.41, 5.74) is 1.72. The highest BCUT2D eigenvalue weighted by Gasteiger charge is 2.46. The summed E-state index contributed by atoms with van der Waals surface area (Å²) >= 11 is 7.89. The molecule has 0 aliphatic carbocycles. The Balaban J connectivity index is 1.76. The summed E-state index contributed by atoms with van der Waals surface area (Å²) in [6, 6.07) is 6.09. The Morgan fingerprint density at radius 1 is 1.43 bits per heavy atom. The number of ether oxygens (including phenoxy) is 1. The fourth-order valence-corrected chi connectivity index (χ4v) is 5.43. The van der Waals surface area contributed by atoms with Crippen LogP contribution in [0, 0.1) is 0 Å². The van der Waals surface area contributed by atoms with Gasteiger partial charge in [0.25, 0.3) is 5.56 Å². The fraction of sp³-hybridized carbons (Fsp3) is 0.471. The average Bonchev–Trinajstić information content (AvgIpc) is 2.89. The van der Waals surface area contributed by atoms with Gasteiger partial charge in [0.2, 0.25) is 0 Å². The molecule has 2 aliphatic heterocycles. The number of hydrogen-bond donors (Lipinski definition) is 2. The van der Waals surface area contributed by atoms with Gasteiger partial charge in [-0.2, -0.15) is 0 Å². The van der Waals surface area contributed by atoms with Crippen LogP contribution in [0.1, 0.15) is 41.8 Å². The zero-order chi connectivity index (χ0) is 16.0. The van der Waals surface area contributed by atoms with Gasteiger partial charge in [-0.25, -0.2) is 0 Å². The molecule has 4 rings (SSSR count). The van der Waals surface area contributed by atoms with Gasteiger partial charge in [0, 0.05) is 35.1 Å². The Hall–Kier alpha value is -1.14. The van der Waals surface area contributed by atoms with Crippen molar-refractivity contribution in [2.24, 2.45) is 0 Å². The summed E-state index contributed by atoms with van der Waals surface area (Å²) in [5.74, 6) is 0. The second-order valence-electron chi connectivity index (χ2n) is 6.48. The molecule has 2 aromatic rings. The Labute approximate surface area is 143 Å². The monoisotopic (exact) mass is 350 g/mol. The van der Waals surface area contributed by atoms with E-state index in [0.717, 1.165) is 29.2 Å². The molecule has 23 heavy (non-hydrogen) atoms. The number of thiophene rings is 1. The largest absolute Gasteiger partial charge is 0.369 e. The Kier molecular flexibility index (Phi) is 3.84. The number of halogens is 1. The van der Waals surface area contributed by atoms with Gasteiger partial charge in [-0.05, 0) is 37.5 Å². The Bertz CT molecular complexity index is 787. The third kappa shape index (κ3) is 2.66. The molecule has 0 bridgehead atoms. The number of nitrogens with one attached hydrogen (secondary N) is 2. The van der Waals surface area contributed by atoms with Gasteiger partial charge < -0.3 is 15.0 Å². The first-order chi connectivity index (χ1) is 11.1. The standard InChI is InChI=1S/C17H19ClN2O2S/c1-10-8-17(15-11(4-6-22-17)7-14(18)23-15)9-13(20-10)12-3-2-5-19-16(12)21/h2-3,5,7,10,13,20H,4,6,8-9H2,1H3,(H,19,21)/t10-,13-,17-/m0/s1. The van der Waals surface area contributed by atoms with E-state index in [1.807, 2.05) is 12.1 Å². The van der Waals surface area contributed by atoms with Crippen LogP contribution in [0.2, 0.25) is 4.34 Å². The first kappa shape index (κ1) is 15.4. The van der Waals surface area contributed by atoms with E-state index in [2.05, 4.69) is 23.3 Å². The molecule has 122 valence electrons. The quantitative estimate of drug-likeness (QED) is 0.829. The number of aromatic nitrogens is 1. The van der Waals surface area contributed by atoms with Crippen molar-refractivity contribution in [2.45, 2.75) is 43.9 Å². The molecule has 4 heterocycles. The predicted molar refractivity (Wildman–Crippen MR) is 92.3 cm³/mol. The number of piperidine rings is 1. The molecule has 4 nitrogen and oxygen atoms in total. The third-order valence-electron chi connectivity index (χ3n) is 4.82. The molecule has 0 aromatic carbocycles. The summed E-state index contributed by atoms with van der Waals surface area (Å²) in [6.07, 6.45) is 4.24. The van der Waals surface area contributed by atoms with Crippen LogP contribution in [0.3, 0.4) is 0 Å². The summed E-state index contributed by atoms with van der Waals surface area (Å²) in [6.45, 7) is 2.86. The lowest BCUT2D eigenvalue weighted by molar-refractivity contribution is -0.0955. The highest BCUT2D eigenvalue weighted by atomic mass is 35.5. The van der Waals surface area contributed by atoms with Gasteiger partial charge in [-0.15, -0.1) is 11.3 Å². The number of hydrogen-bond acceptors (Lipinski definition) is 4. The van der Waals surface area contributed by atoms with Gasteiger partial charge in [0.05, 0.1) is 10.9 Å². The molecule has 2 aliphatic rings. The minimum Gasteiger partial charge on any atom is -0.369 e. The smallest absolute Gasteiger partial charge is 0.252 e. The minimum absolute atomic E-state index is 0.0180. The second-order valence-corrected chi connectivity index (χ2v) is 8.16. The van der Waals surface area contributed by atoms with Crippen molar-refractivity contribution in [1.29, 1.82) is 0 Å². The normalized spacial score (nSPS) is 30.3. The number of aromatic amines is 1. The molecule has 1 fully saturated rings. The summed E-state index contributed by atoms with van der Waals surface area (Å²) in [4.78, 5) is 16.2. The zero-order valence-electron chi connectivity index (χ0n) is 12.9. The summed E-state index contributed by atoms with van der Waals surface area (Å²) < 4.78 is 7.13. The van der Waals surface area contributed by atoms with Crippen LogP contribution in [-0.4, -0.2) is 17.6 Å². The highest BCUT2D eigenvalue weighted by molar-refractivity contribution is 7.16. The first-order valence-corrected chi connectivity index (χ1v) is 9.13. The van der Waals surface area contributed by atoms with Crippen molar-refractivity contribution in [3.05, 3.63) is 55.1 Å². The van der Waals surface area contributed by atoms with E-state index < -0.39 is 0 Å². The molecule has 0 radical (unpaired) electrons. The van der Waals surface area contributed by atoms with Crippen LogP contribution in [0.4, 0.5) is 0 Å². The number of rotatable bonds is 1. The van der Waals surface area contributed by atoms with E-state index in [1.54, 1.807) is 17.5 Å². The molecule has 6 heteroatoms. The van der Waals surface area contributed by atoms with E-state index in [1.165, 1.54) is 10.4 Å². The van der Waals surface area contributed by atoms with Crippen LogP contribution in [0.25, 0.3) is 0 Å². The molecular weight excluding hydrogens is 332 g/mol. The number of H-pyrrole nitrogens is 1. The van der Waals surface area contributed by atoms with Crippen molar-refractivity contribution in [3.63, 3.8) is 0 Å². The van der Waals surface area contributed by atoms with Crippen LogP contribution >= 0.6 is 22.9 Å². The molecule has 2 aromatic heterocycles. The van der Waals surface area contributed by atoms with Crippen LogP contribution in [0.5, 0.6) is 0 Å². The van der Waals surface area contributed by atoms with Crippen molar-refractivity contribution in [3.8, 4) is 0 Å². The van der Waals surface area contributed by atoms with E-state index >= 15 is 0 Å². The molecule has 3 atom stereocenters. The van der Waals surface area contributed by atoms with Crippen LogP contribution < -0.4 is 10.9 Å². The zero-order valence-corrected chi connectivity index (χ0v) is 14.5. The van der Waals surface area contributed by atoms with Crippen LogP contribution in [0.15, 0.2) is 29.2 Å². The van der Waals surface area contributed by atoms with Gasteiger partial charge >= 0.3 is 0 Å². The van der Waals surface area contributed by atoms with E-state index in [-0.39, 0.29) is 23.2 Å². The molecular formula is C17H19ClN2O2S. The average molecular weight is 351 g/mol. The van der Waals surface area contributed by atoms with Crippen molar-refractivity contribution in [2.75, 3.05) is 6.61 Å². The van der Waals surface area contributed by atoms with Crippen molar-refractivity contribution >= 4 is 22.9 Å². The maximum Gasteiger partial charge on any atom is 0.252 e. The summed E-state index contributed by atoms with van der Waals surface area (Å²) in [5, 5.41) is 3.55. The maximum absolute atomic E-state index is 12.2. The second kappa shape index (κ2) is 5.74. The summed E-state index contributed by atoms with van der Waals surface area (Å²) in [7, 11) is 0. The minimum atomic E-state index is -0.330. The molecule has 1 saturated heterocycles. The number of pyridine rings is 1. The number of fused-ring (bicyclic) bond motifs is 2. The lowest BCUT2D eigenvalue weighted by Gasteiger charge is -2.46.